The maximum absolute atomic E-state index is 11.2. The van der Waals surface area contributed by atoms with Crippen LogP contribution in [0.25, 0.3) is 17.1 Å². The Bertz CT molecular complexity index is 895. The lowest BCUT2D eigenvalue weighted by Crippen LogP contribution is -1.99. The molecule has 0 saturated carbocycles. The molecular weight excluding hydrogens is 312 g/mol. The van der Waals surface area contributed by atoms with Gasteiger partial charge < -0.3 is 9.30 Å². The molecule has 3 aromatic rings. The maximum atomic E-state index is 11.2. The summed E-state index contributed by atoms with van der Waals surface area (Å²) < 4.78 is 6.76. The normalized spacial score (nSPS) is 11.3. The van der Waals surface area contributed by atoms with E-state index in [1.54, 1.807) is 6.08 Å². The fourth-order valence-electron chi connectivity index (χ4n) is 2.92. The third-order valence-corrected chi connectivity index (χ3v) is 4.32. The zero-order chi connectivity index (χ0) is 17.6. The standard InChI is InChI=1S/C21H22N2O2/c1-23-19-13-11-17(12-14-21(24)25-2)15-18(19)22-20(23)10-6-9-16-7-4-3-5-8-16/h3-5,7-8,11-15H,6,9-10H2,1-2H3. The fraction of sp³-hybridized carbons (Fsp3) is 0.238. The number of nitrogens with zero attached hydrogens (tertiary/aromatic N) is 2. The van der Waals surface area contributed by atoms with Gasteiger partial charge in [0.2, 0.25) is 0 Å². The Labute approximate surface area is 147 Å². The second-order valence-electron chi connectivity index (χ2n) is 6.03. The molecule has 0 aliphatic carbocycles. The number of ether oxygens (including phenoxy) is 1. The minimum Gasteiger partial charge on any atom is -0.466 e. The van der Waals surface area contributed by atoms with Crippen LogP contribution >= 0.6 is 0 Å². The highest BCUT2D eigenvalue weighted by atomic mass is 16.5. The van der Waals surface area contributed by atoms with Crippen LogP contribution < -0.4 is 0 Å². The van der Waals surface area contributed by atoms with E-state index in [9.17, 15) is 4.79 Å². The number of hydrogen-bond donors (Lipinski definition) is 0. The van der Waals surface area contributed by atoms with Gasteiger partial charge in [-0.3, -0.25) is 0 Å². The van der Waals surface area contributed by atoms with E-state index in [1.807, 2.05) is 24.3 Å². The van der Waals surface area contributed by atoms with Crippen molar-refractivity contribution in [2.75, 3.05) is 7.11 Å². The first-order valence-electron chi connectivity index (χ1n) is 8.42. The van der Waals surface area contributed by atoms with Gasteiger partial charge in [-0.05, 0) is 42.2 Å². The number of aryl methyl sites for hydroxylation is 3. The summed E-state index contributed by atoms with van der Waals surface area (Å²) in [5.41, 5.74) is 4.34. The van der Waals surface area contributed by atoms with Gasteiger partial charge in [-0.1, -0.05) is 36.4 Å². The maximum Gasteiger partial charge on any atom is 0.330 e. The van der Waals surface area contributed by atoms with Gasteiger partial charge in [0, 0.05) is 19.5 Å². The Morgan fingerprint density at radius 3 is 2.72 bits per heavy atom. The van der Waals surface area contributed by atoms with Crippen LogP contribution in [-0.2, 0) is 29.4 Å². The number of aromatic nitrogens is 2. The van der Waals surface area contributed by atoms with Gasteiger partial charge in [-0.25, -0.2) is 9.78 Å². The summed E-state index contributed by atoms with van der Waals surface area (Å²) in [5.74, 6) is 0.725. The number of hydrogen-bond acceptors (Lipinski definition) is 3. The topological polar surface area (TPSA) is 44.1 Å². The van der Waals surface area contributed by atoms with Crippen molar-refractivity contribution < 1.29 is 9.53 Å². The van der Waals surface area contributed by atoms with Gasteiger partial charge >= 0.3 is 5.97 Å². The molecule has 0 bridgehead atoms. The van der Waals surface area contributed by atoms with Crippen LogP contribution in [0.2, 0.25) is 0 Å². The van der Waals surface area contributed by atoms with Gasteiger partial charge in [0.25, 0.3) is 0 Å². The van der Waals surface area contributed by atoms with Crippen LogP contribution in [0.4, 0.5) is 0 Å². The fourth-order valence-corrected chi connectivity index (χ4v) is 2.92. The SMILES string of the molecule is COC(=O)C=Cc1ccc2c(c1)nc(CCCc1ccccc1)n2C. The summed E-state index contributed by atoms with van der Waals surface area (Å²) in [7, 11) is 3.42. The van der Waals surface area contributed by atoms with Crippen LogP contribution in [0.1, 0.15) is 23.4 Å². The number of fused-ring (bicyclic) bond motifs is 1. The molecule has 0 N–H and O–H groups in total. The van der Waals surface area contributed by atoms with E-state index in [0.717, 1.165) is 41.7 Å². The summed E-state index contributed by atoms with van der Waals surface area (Å²) in [6.45, 7) is 0. The molecule has 0 radical (unpaired) electrons. The highest BCUT2D eigenvalue weighted by Gasteiger charge is 2.08. The lowest BCUT2D eigenvalue weighted by Gasteiger charge is -2.03. The molecule has 0 saturated heterocycles. The van der Waals surface area contributed by atoms with Crippen molar-refractivity contribution in [3.05, 3.63) is 71.6 Å². The molecule has 25 heavy (non-hydrogen) atoms. The van der Waals surface area contributed by atoms with Crippen molar-refractivity contribution in [2.45, 2.75) is 19.3 Å². The number of benzene rings is 2. The van der Waals surface area contributed by atoms with Crippen molar-refractivity contribution >= 4 is 23.1 Å². The lowest BCUT2D eigenvalue weighted by molar-refractivity contribution is -0.134. The number of methoxy groups -OCH3 is 1. The molecule has 0 atom stereocenters. The minimum absolute atomic E-state index is 0.359. The largest absolute Gasteiger partial charge is 0.466 e. The highest BCUT2D eigenvalue weighted by molar-refractivity contribution is 5.88. The summed E-state index contributed by atoms with van der Waals surface area (Å²) >= 11 is 0. The average molecular weight is 334 g/mol. The first-order valence-corrected chi connectivity index (χ1v) is 8.42. The number of esters is 1. The molecule has 2 aromatic carbocycles. The summed E-state index contributed by atoms with van der Waals surface area (Å²) in [4.78, 5) is 16.0. The highest BCUT2D eigenvalue weighted by Crippen LogP contribution is 2.19. The number of carbonyl (C=O) groups excluding carboxylic acids is 1. The Balaban J connectivity index is 1.72. The molecule has 3 rings (SSSR count). The third-order valence-electron chi connectivity index (χ3n) is 4.32. The van der Waals surface area contributed by atoms with E-state index in [0.29, 0.717) is 0 Å². The minimum atomic E-state index is -0.359. The summed E-state index contributed by atoms with van der Waals surface area (Å²) in [6.07, 6.45) is 6.22. The van der Waals surface area contributed by atoms with Gasteiger partial charge in [0.1, 0.15) is 5.82 Å². The van der Waals surface area contributed by atoms with E-state index in [2.05, 4.69) is 40.6 Å². The molecular formula is C21H22N2O2. The number of rotatable bonds is 6. The van der Waals surface area contributed by atoms with Crippen molar-refractivity contribution in [3.63, 3.8) is 0 Å². The Morgan fingerprint density at radius 2 is 1.96 bits per heavy atom. The molecule has 0 unspecified atom stereocenters. The Kier molecular flexibility index (Phi) is 5.29. The number of carbonyl (C=O) groups is 1. The molecule has 0 fully saturated rings. The lowest BCUT2D eigenvalue weighted by atomic mass is 10.1. The van der Waals surface area contributed by atoms with Crippen LogP contribution in [-0.4, -0.2) is 22.6 Å². The van der Waals surface area contributed by atoms with Crippen LogP contribution in [0.15, 0.2) is 54.6 Å². The van der Waals surface area contributed by atoms with E-state index >= 15 is 0 Å². The number of imidazole rings is 1. The third kappa shape index (κ3) is 4.15. The molecule has 0 aliphatic rings. The zero-order valence-corrected chi connectivity index (χ0v) is 14.6. The zero-order valence-electron chi connectivity index (χ0n) is 14.6. The van der Waals surface area contributed by atoms with Crippen molar-refractivity contribution in [2.24, 2.45) is 7.05 Å². The molecule has 128 valence electrons. The molecule has 4 nitrogen and oxygen atoms in total. The Hall–Kier alpha value is -2.88. The van der Waals surface area contributed by atoms with Crippen molar-refractivity contribution in [1.29, 1.82) is 0 Å². The first-order chi connectivity index (χ1) is 12.2. The molecule has 4 heteroatoms. The van der Waals surface area contributed by atoms with Crippen LogP contribution in [0.5, 0.6) is 0 Å². The first kappa shape index (κ1) is 17.0. The van der Waals surface area contributed by atoms with Gasteiger partial charge in [0.05, 0.1) is 18.1 Å². The summed E-state index contributed by atoms with van der Waals surface area (Å²) in [5, 5.41) is 0. The predicted octanol–water partition coefficient (Wildman–Crippen LogP) is 3.93. The average Bonchev–Trinajstić information content (AvgIpc) is 2.96. The molecule has 0 amide bonds. The smallest absolute Gasteiger partial charge is 0.330 e. The predicted molar refractivity (Wildman–Crippen MR) is 100 cm³/mol. The molecule has 0 aliphatic heterocycles. The molecule has 1 aromatic heterocycles. The van der Waals surface area contributed by atoms with Gasteiger partial charge in [0.15, 0.2) is 0 Å². The van der Waals surface area contributed by atoms with Crippen molar-refractivity contribution in [1.82, 2.24) is 9.55 Å². The van der Waals surface area contributed by atoms with E-state index in [-0.39, 0.29) is 5.97 Å². The quantitative estimate of drug-likeness (QED) is 0.507. The molecule has 0 spiro atoms. The van der Waals surface area contributed by atoms with Crippen molar-refractivity contribution in [3.8, 4) is 0 Å². The van der Waals surface area contributed by atoms with E-state index in [4.69, 9.17) is 4.98 Å². The summed E-state index contributed by atoms with van der Waals surface area (Å²) in [6, 6.07) is 16.5. The van der Waals surface area contributed by atoms with Gasteiger partial charge in [-0.2, -0.15) is 0 Å². The molecule has 1 heterocycles. The Morgan fingerprint density at radius 1 is 1.16 bits per heavy atom. The monoisotopic (exact) mass is 334 g/mol. The van der Waals surface area contributed by atoms with Gasteiger partial charge in [-0.15, -0.1) is 0 Å². The van der Waals surface area contributed by atoms with E-state index in [1.165, 1.54) is 18.7 Å². The second kappa shape index (κ2) is 7.79. The van der Waals surface area contributed by atoms with Crippen LogP contribution in [0, 0.1) is 0 Å². The van der Waals surface area contributed by atoms with E-state index < -0.39 is 0 Å². The van der Waals surface area contributed by atoms with Crippen LogP contribution in [0.3, 0.4) is 0 Å². The second-order valence-corrected chi connectivity index (χ2v) is 6.03.